The number of hydrogen-bond acceptors (Lipinski definition) is 4. The van der Waals surface area contributed by atoms with Gasteiger partial charge in [-0.2, -0.15) is 9.07 Å². The Balaban J connectivity index is 3.17. The molecule has 0 unspecified atom stereocenters. The van der Waals surface area contributed by atoms with Gasteiger partial charge in [0.1, 0.15) is 5.10 Å². The third-order valence-electron chi connectivity index (χ3n) is 0.915. The summed E-state index contributed by atoms with van der Waals surface area (Å²) in [4.78, 5) is 8.96. The third kappa shape index (κ3) is 0.809. The lowest BCUT2D eigenvalue weighted by molar-refractivity contribution is -0.392. The zero-order valence-electron chi connectivity index (χ0n) is 4.98. The first kappa shape index (κ1) is 6.59. The van der Waals surface area contributed by atoms with Crippen LogP contribution in [0.1, 0.15) is 0 Å². The van der Waals surface area contributed by atoms with Gasteiger partial charge in [-0.05, 0) is 4.92 Å². The van der Waals surface area contributed by atoms with E-state index in [1.54, 1.807) is 0 Å². The van der Waals surface area contributed by atoms with Crippen LogP contribution in [-0.2, 0) is 7.05 Å². The van der Waals surface area contributed by atoms with Gasteiger partial charge in [-0.15, -0.1) is 0 Å². The summed E-state index contributed by atoms with van der Waals surface area (Å²) in [6.07, 6.45) is 0. The molecule has 1 heterocycles. The molecule has 0 aromatic carbocycles. The van der Waals surface area contributed by atoms with Gasteiger partial charge in [0.2, 0.25) is 0 Å². The normalized spacial score (nSPS) is 9.80. The average molecular weight is 146 g/mol. The van der Waals surface area contributed by atoms with Crippen LogP contribution < -0.4 is 0 Å². The fourth-order valence-corrected chi connectivity index (χ4v) is 0.447. The van der Waals surface area contributed by atoms with Crippen molar-refractivity contribution in [3.05, 3.63) is 16.1 Å². The fourth-order valence-electron chi connectivity index (χ4n) is 0.447. The lowest BCUT2D eigenvalue weighted by Gasteiger charge is -1.85. The van der Waals surface area contributed by atoms with Crippen LogP contribution in [0.2, 0.25) is 0 Å². The Hall–Kier alpha value is -1.53. The topological polar surface area (TPSA) is 73.8 Å². The minimum atomic E-state index is -1.04. The Bertz CT molecular complexity index is 269. The number of rotatable bonds is 1. The summed E-state index contributed by atoms with van der Waals surface area (Å²) in [5.74, 6) is -1.88. The van der Waals surface area contributed by atoms with Gasteiger partial charge in [-0.1, -0.05) is 0 Å². The standard InChI is InChI=1S/C3H3FN4O2/c1-7-2(4)3(5-6-7)8(9)10/h1H3. The molecule has 1 aromatic rings. The highest BCUT2D eigenvalue weighted by Gasteiger charge is 2.21. The summed E-state index contributed by atoms with van der Waals surface area (Å²) in [6.45, 7) is 0. The molecule has 1 rings (SSSR count). The summed E-state index contributed by atoms with van der Waals surface area (Å²) in [7, 11) is 1.23. The molecule has 0 radical (unpaired) electrons. The molecule has 0 aliphatic heterocycles. The van der Waals surface area contributed by atoms with E-state index in [9.17, 15) is 14.5 Å². The summed E-state index contributed by atoms with van der Waals surface area (Å²) >= 11 is 0. The second-order valence-electron chi connectivity index (χ2n) is 1.58. The number of nitro groups is 1. The molecule has 10 heavy (non-hydrogen) atoms. The largest absolute Gasteiger partial charge is 0.447 e. The van der Waals surface area contributed by atoms with Crippen molar-refractivity contribution in [2.24, 2.45) is 7.05 Å². The van der Waals surface area contributed by atoms with E-state index in [4.69, 9.17) is 0 Å². The molecule has 0 atom stereocenters. The van der Waals surface area contributed by atoms with Crippen molar-refractivity contribution in [2.75, 3.05) is 0 Å². The van der Waals surface area contributed by atoms with E-state index in [1.165, 1.54) is 7.05 Å². The lowest BCUT2D eigenvalue weighted by Crippen LogP contribution is -1.95. The highest BCUT2D eigenvalue weighted by molar-refractivity contribution is 5.11. The van der Waals surface area contributed by atoms with E-state index < -0.39 is 16.7 Å². The van der Waals surface area contributed by atoms with Crippen molar-refractivity contribution in [1.82, 2.24) is 15.0 Å². The highest BCUT2D eigenvalue weighted by atomic mass is 19.1. The Morgan fingerprint density at radius 2 is 2.40 bits per heavy atom. The van der Waals surface area contributed by atoms with Gasteiger partial charge < -0.3 is 10.1 Å². The molecule has 0 N–H and O–H groups in total. The summed E-state index contributed by atoms with van der Waals surface area (Å²) in [5.41, 5.74) is 0. The molecule has 0 saturated heterocycles. The van der Waals surface area contributed by atoms with E-state index in [1.807, 2.05) is 0 Å². The Morgan fingerprint density at radius 1 is 1.80 bits per heavy atom. The first-order chi connectivity index (χ1) is 4.63. The summed E-state index contributed by atoms with van der Waals surface area (Å²) in [6, 6.07) is 0. The Morgan fingerprint density at radius 3 is 2.60 bits per heavy atom. The number of halogens is 1. The molecule has 1 aromatic heterocycles. The first-order valence-corrected chi connectivity index (χ1v) is 2.32. The van der Waals surface area contributed by atoms with Crippen molar-refractivity contribution < 1.29 is 9.31 Å². The van der Waals surface area contributed by atoms with Crippen molar-refractivity contribution in [3.63, 3.8) is 0 Å². The Labute approximate surface area is 54.4 Å². The number of nitrogens with zero attached hydrogens (tertiary/aromatic N) is 4. The maximum absolute atomic E-state index is 12.4. The van der Waals surface area contributed by atoms with Crippen LogP contribution in [0.3, 0.4) is 0 Å². The van der Waals surface area contributed by atoms with Gasteiger partial charge in [0, 0.05) is 7.05 Å². The molecule has 0 spiro atoms. The third-order valence-corrected chi connectivity index (χ3v) is 0.915. The maximum Gasteiger partial charge on any atom is 0.447 e. The number of hydrogen-bond donors (Lipinski definition) is 0. The fraction of sp³-hybridized carbons (Fsp3) is 0.333. The van der Waals surface area contributed by atoms with Crippen LogP contribution >= 0.6 is 0 Å². The average Bonchev–Trinajstić information content (AvgIpc) is 2.14. The quantitative estimate of drug-likeness (QED) is 0.408. The van der Waals surface area contributed by atoms with Crippen LogP contribution in [-0.4, -0.2) is 19.9 Å². The minimum Gasteiger partial charge on any atom is -0.358 e. The van der Waals surface area contributed by atoms with Crippen LogP contribution in [0.15, 0.2) is 0 Å². The zero-order chi connectivity index (χ0) is 7.72. The van der Waals surface area contributed by atoms with Crippen LogP contribution in [0.5, 0.6) is 0 Å². The van der Waals surface area contributed by atoms with Crippen LogP contribution in [0.25, 0.3) is 0 Å². The molecule has 7 heteroatoms. The monoisotopic (exact) mass is 146 g/mol. The van der Waals surface area contributed by atoms with Crippen molar-refractivity contribution in [1.29, 1.82) is 0 Å². The van der Waals surface area contributed by atoms with E-state index in [2.05, 4.69) is 10.3 Å². The summed E-state index contributed by atoms with van der Waals surface area (Å²) in [5, 5.41) is 15.9. The predicted molar refractivity (Wildman–Crippen MR) is 27.6 cm³/mol. The second-order valence-corrected chi connectivity index (χ2v) is 1.58. The predicted octanol–water partition coefficient (Wildman–Crippen LogP) is -0.138. The van der Waals surface area contributed by atoms with Gasteiger partial charge in [-0.3, -0.25) is 0 Å². The van der Waals surface area contributed by atoms with Crippen molar-refractivity contribution in [2.45, 2.75) is 0 Å². The summed E-state index contributed by atoms with van der Waals surface area (Å²) < 4.78 is 13.1. The van der Waals surface area contributed by atoms with Crippen molar-refractivity contribution >= 4 is 5.82 Å². The molecule has 54 valence electrons. The molecule has 0 saturated carbocycles. The van der Waals surface area contributed by atoms with Gasteiger partial charge in [0.05, 0.1) is 5.21 Å². The van der Waals surface area contributed by atoms with Crippen molar-refractivity contribution in [3.8, 4) is 0 Å². The van der Waals surface area contributed by atoms with Crippen LogP contribution in [0, 0.1) is 16.1 Å². The lowest BCUT2D eigenvalue weighted by atomic mass is 10.7. The van der Waals surface area contributed by atoms with Gasteiger partial charge in [0.15, 0.2) is 0 Å². The van der Waals surface area contributed by atoms with E-state index in [0.717, 1.165) is 0 Å². The Kier molecular flexibility index (Phi) is 1.32. The van der Waals surface area contributed by atoms with Gasteiger partial charge in [0.25, 0.3) is 0 Å². The number of aryl methyl sites for hydroxylation is 1. The molecule has 0 bridgehead atoms. The van der Waals surface area contributed by atoms with Gasteiger partial charge in [-0.25, -0.2) is 0 Å². The van der Waals surface area contributed by atoms with Crippen LogP contribution in [0.4, 0.5) is 10.2 Å². The molecular formula is C3H3FN4O2. The molecule has 6 nitrogen and oxygen atoms in total. The second kappa shape index (κ2) is 2.01. The highest BCUT2D eigenvalue weighted by Crippen LogP contribution is 2.09. The molecular weight excluding hydrogens is 143 g/mol. The maximum atomic E-state index is 12.4. The molecule has 0 aliphatic carbocycles. The number of aromatic nitrogens is 3. The van der Waals surface area contributed by atoms with E-state index in [0.29, 0.717) is 4.68 Å². The van der Waals surface area contributed by atoms with E-state index >= 15 is 0 Å². The first-order valence-electron chi connectivity index (χ1n) is 2.32. The van der Waals surface area contributed by atoms with Gasteiger partial charge >= 0.3 is 11.8 Å². The SMILES string of the molecule is Cn1nnc([N+](=O)[O-])c1F. The zero-order valence-corrected chi connectivity index (χ0v) is 4.98. The van der Waals surface area contributed by atoms with E-state index in [-0.39, 0.29) is 0 Å². The minimum absolute atomic E-state index is 0.693. The molecule has 0 aliphatic rings. The molecule has 0 fully saturated rings. The smallest absolute Gasteiger partial charge is 0.358 e. The molecule has 0 amide bonds.